The first-order valence-corrected chi connectivity index (χ1v) is 6.39. The number of para-hydroxylation sites is 3. The molecule has 0 saturated carbocycles. The van der Waals surface area contributed by atoms with Gasteiger partial charge in [-0.05, 0) is 24.3 Å². The Balaban J connectivity index is 1.98. The summed E-state index contributed by atoms with van der Waals surface area (Å²) in [6.45, 7) is 0. The average Bonchev–Trinajstić information content (AvgIpc) is 2.41. The number of benzene rings is 2. The maximum Gasteiger partial charge on any atom is 0.120 e. The van der Waals surface area contributed by atoms with Crippen LogP contribution in [0.25, 0.3) is 11.0 Å². The topological polar surface area (TPSA) is 51.8 Å². The van der Waals surface area contributed by atoms with Crippen LogP contribution in [0, 0.1) is 0 Å². The third-order valence-electron chi connectivity index (χ3n) is 2.56. The van der Waals surface area contributed by atoms with Crippen molar-refractivity contribution in [3.05, 3.63) is 54.7 Å². The monoisotopic (exact) mass is 253 g/mol. The second-order valence-electron chi connectivity index (χ2n) is 3.84. The van der Waals surface area contributed by atoms with Crippen molar-refractivity contribution in [3.63, 3.8) is 0 Å². The van der Waals surface area contributed by atoms with Gasteiger partial charge < -0.3 is 5.73 Å². The van der Waals surface area contributed by atoms with Crippen molar-refractivity contribution in [1.82, 2.24) is 9.97 Å². The Morgan fingerprint density at radius 1 is 0.889 bits per heavy atom. The highest BCUT2D eigenvalue weighted by Crippen LogP contribution is 2.30. The average molecular weight is 253 g/mol. The van der Waals surface area contributed by atoms with Gasteiger partial charge in [-0.15, -0.1) is 0 Å². The fraction of sp³-hybridized carbons (Fsp3) is 0. The second-order valence-corrected chi connectivity index (χ2v) is 4.90. The molecule has 0 spiro atoms. The van der Waals surface area contributed by atoms with Gasteiger partial charge in [0.25, 0.3) is 0 Å². The van der Waals surface area contributed by atoms with Crippen LogP contribution >= 0.6 is 11.8 Å². The zero-order valence-electron chi connectivity index (χ0n) is 9.58. The molecule has 0 amide bonds. The maximum absolute atomic E-state index is 5.91. The minimum Gasteiger partial charge on any atom is -0.398 e. The second kappa shape index (κ2) is 4.66. The smallest absolute Gasteiger partial charge is 0.120 e. The Morgan fingerprint density at radius 2 is 1.61 bits per heavy atom. The lowest BCUT2D eigenvalue weighted by Gasteiger charge is -2.04. The van der Waals surface area contributed by atoms with Crippen molar-refractivity contribution in [2.75, 3.05) is 5.73 Å². The molecular weight excluding hydrogens is 242 g/mol. The van der Waals surface area contributed by atoms with Gasteiger partial charge in [0, 0.05) is 10.6 Å². The minimum atomic E-state index is 0.762. The standard InChI is InChI=1S/C14H11N3S/c15-10-5-1-4-8-13(10)18-14-9-16-11-6-2-3-7-12(11)17-14/h1-9H,15H2. The van der Waals surface area contributed by atoms with E-state index < -0.39 is 0 Å². The first-order chi connectivity index (χ1) is 8.83. The molecule has 3 nitrogen and oxygen atoms in total. The van der Waals surface area contributed by atoms with Crippen molar-refractivity contribution in [1.29, 1.82) is 0 Å². The Kier molecular flexibility index (Phi) is 2.86. The fourth-order valence-corrected chi connectivity index (χ4v) is 2.48. The van der Waals surface area contributed by atoms with E-state index in [4.69, 9.17) is 5.73 Å². The zero-order valence-corrected chi connectivity index (χ0v) is 10.4. The van der Waals surface area contributed by atoms with Crippen LogP contribution in [0.15, 0.2) is 64.6 Å². The lowest BCUT2D eigenvalue weighted by atomic mass is 10.3. The molecule has 0 unspecified atom stereocenters. The first-order valence-electron chi connectivity index (χ1n) is 5.57. The summed E-state index contributed by atoms with van der Waals surface area (Å²) in [7, 11) is 0. The predicted octanol–water partition coefficient (Wildman–Crippen LogP) is 3.36. The number of aromatic nitrogens is 2. The van der Waals surface area contributed by atoms with E-state index in [0.717, 1.165) is 26.6 Å². The molecule has 0 fully saturated rings. The van der Waals surface area contributed by atoms with E-state index in [9.17, 15) is 0 Å². The van der Waals surface area contributed by atoms with E-state index in [0.29, 0.717) is 0 Å². The minimum absolute atomic E-state index is 0.762. The molecule has 0 aliphatic rings. The van der Waals surface area contributed by atoms with Gasteiger partial charge in [-0.25, -0.2) is 4.98 Å². The Labute approximate surface area is 109 Å². The van der Waals surface area contributed by atoms with Gasteiger partial charge in [0.1, 0.15) is 5.03 Å². The maximum atomic E-state index is 5.91. The molecule has 3 rings (SSSR count). The van der Waals surface area contributed by atoms with Crippen LogP contribution in [0.2, 0.25) is 0 Å². The number of nitrogen functional groups attached to an aromatic ring is 1. The highest BCUT2D eigenvalue weighted by molar-refractivity contribution is 7.99. The molecule has 2 aromatic carbocycles. The lowest BCUT2D eigenvalue weighted by Crippen LogP contribution is -1.89. The molecule has 0 aliphatic heterocycles. The molecule has 88 valence electrons. The van der Waals surface area contributed by atoms with Gasteiger partial charge in [0.2, 0.25) is 0 Å². The Hall–Kier alpha value is -2.07. The highest BCUT2D eigenvalue weighted by Gasteiger charge is 2.04. The van der Waals surface area contributed by atoms with Crippen molar-refractivity contribution in [2.45, 2.75) is 9.92 Å². The van der Waals surface area contributed by atoms with Gasteiger partial charge in [-0.2, -0.15) is 0 Å². The van der Waals surface area contributed by atoms with E-state index in [1.54, 1.807) is 6.20 Å². The number of hydrogen-bond donors (Lipinski definition) is 1. The van der Waals surface area contributed by atoms with E-state index in [1.807, 2.05) is 48.5 Å². The van der Waals surface area contributed by atoms with E-state index in [2.05, 4.69) is 9.97 Å². The first kappa shape index (κ1) is 11.0. The van der Waals surface area contributed by atoms with Crippen LogP contribution in [0.1, 0.15) is 0 Å². The summed E-state index contributed by atoms with van der Waals surface area (Å²) in [4.78, 5) is 9.94. The van der Waals surface area contributed by atoms with Crippen LogP contribution in [0.5, 0.6) is 0 Å². The fourth-order valence-electron chi connectivity index (χ4n) is 1.68. The van der Waals surface area contributed by atoms with Crippen LogP contribution in [-0.4, -0.2) is 9.97 Å². The molecular formula is C14H11N3S. The Morgan fingerprint density at radius 3 is 2.44 bits per heavy atom. The van der Waals surface area contributed by atoms with Gasteiger partial charge in [0.15, 0.2) is 0 Å². The number of nitrogens with zero attached hydrogens (tertiary/aromatic N) is 2. The quantitative estimate of drug-likeness (QED) is 0.711. The van der Waals surface area contributed by atoms with Gasteiger partial charge in [-0.3, -0.25) is 4.98 Å². The lowest BCUT2D eigenvalue weighted by molar-refractivity contribution is 1.12. The highest BCUT2D eigenvalue weighted by atomic mass is 32.2. The SMILES string of the molecule is Nc1ccccc1Sc1cnc2ccccc2n1. The van der Waals surface area contributed by atoms with Crippen molar-refractivity contribution >= 4 is 28.5 Å². The van der Waals surface area contributed by atoms with E-state index in [-0.39, 0.29) is 0 Å². The van der Waals surface area contributed by atoms with Crippen LogP contribution in [0.3, 0.4) is 0 Å². The molecule has 3 aromatic rings. The van der Waals surface area contributed by atoms with Crippen molar-refractivity contribution < 1.29 is 0 Å². The molecule has 1 heterocycles. The number of anilines is 1. The summed E-state index contributed by atoms with van der Waals surface area (Å²) in [5.74, 6) is 0. The molecule has 4 heteroatoms. The molecule has 0 aliphatic carbocycles. The Bertz CT molecular complexity index is 697. The van der Waals surface area contributed by atoms with Gasteiger partial charge in [0.05, 0.1) is 17.2 Å². The largest absolute Gasteiger partial charge is 0.398 e. The normalized spacial score (nSPS) is 10.7. The third-order valence-corrected chi connectivity index (χ3v) is 3.56. The number of fused-ring (bicyclic) bond motifs is 1. The molecule has 1 aromatic heterocycles. The predicted molar refractivity (Wildman–Crippen MR) is 74.5 cm³/mol. The summed E-state index contributed by atoms with van der Waals surface area (Å²) >= 11 is 1.53. The van der Waals surface area contributed by atoms with E-state index >= 15 is 0 Å². The summed E-state index contributed by atoms with van der Waals surface area (Å²) in [5, 5.41) is 0.853. The molecule has 0 bridgehead atoms. The number of hydrogen-bond acceptors (Lipinski definition) is 4. The summed E-state index contributed by atoms with van der Waals surface area (Å²) in [6.07, 6.45) is 1.78. The van der Waals surface area contributed by atoms with Crippen LogP contribution in [0.4, 0.5) is 5.69 Å². The molecule has 0 atom stereocenters. The molecule has 0 saturated heterocycles. The van der Waals surface area contributed by atoms with Crippen LogP contribution < -0.4 is 5.73 Å². The molecule has 2 N–H and O–H groups in total. The third kappa shape index (κ3) is 2.15. The molecule has 0 radical (unpaired) electrons. The summed E-state index contributed by atoms with van der Waals surface area (Å²) < 4.78 is 0. The summed E-state index contributed by atoms with van der Waals surface area (Å²) in [5.41, 5.74) is 8.48. The van der Waals surface area contributed by atoms with E-state index in [1.165, 1.54) is 11.8 Å². The van der Waals surface area contributed by atoms with Crippen molar-refractivity contribution in [2.24, 2.45) is 0 Å². The van der Waals surface area contributed by atoms with Crippen molar-refractivity contribution in [3.8, 4) is 0 Å². The summed E-state index contributed by atoms with van der Waals surface area (Å²) in [6, 6.07) is 15.6. The molecule has 18 heavy (non-hydrogen) atoms. The van der Waals surface area contributed by atoms with Gasteiger partial charge in [-0.1, -0.05) is 36.0 Å². The zero-order chi connectivity index (χ0) is 12.4. The van der Waals surface area contributed by atoms with Crippen LogP contribution in [-0.2, 0) is 0 Å². The number of nitrogens with two attached hydrogens (primary N) is 1. The number of rotatable bonds is 2. The van der Waals surface area contributed by atoms with Gasteiger partial charge >= 0.3 is 0 Å².